The molecule has 1 aliphatic carbocycles. The first kappa shape index (κ1) is 19.9. The summed E-state index contributed by atoms with van der Waals surface area (Å²) >= 11 is 0. The molecule has 1 aliphatic rings. The Morgan fingerprint density at radius 2 is 2.13 bits per heavy atom. The Balaban J connectivity index is 1.49. The molecule has 0 spiro atoms. The van der Waals surface area contributed by atoms with Gasteiger partial charge in [0.05, 0.1) is 0 Å². The maximum Gasteiger partial charge on any atom is 0.405 e. The molecule has 1 amide bonds. The van der Waals surface area contributed by atoms with Crippen LogP contribution in [0.2, 0.25) is 0 Å². The number of Topliss-reactive ketones (excluding diaryl/α,β-unsaturated/α-hetero) is 1. The van der Waals surface area contributed by atoms with E-state index >= 15 is 0 Å². The van der Waals surface area contributed by atoms with Crippen molar-refractivity contribution in [2.45, 2.75) is 51.6 Å². The van der Waals surface area contributed by atoms with Gasteiger partial charge in [0, 0.05) is 37.0 Å². The molecular weight excluding hydrogens is 386 g/mol. The first-order chi connectivity index (χ1) is 14.2. The fourth-order valence-electron chi connectivity index (χ4n) is 4.16. The largest absolute Gasteiger partial charge is 0.443 e. The number of anilines is 2. The van der Waals surface area contributed by atoms with Gasteiger partial charge in [0.1, 0.15) is 16.8 Å². The molecule has 0 radical (unpaired) electrons. The monoisotopic (exact) mass is 411 g/mol. The molecule has 0 saturated heterocycles. The van der Waals surface area contributed by atoms with Crippen LogP contribution >= 0.6 is 0 Å². The maximum absolute atomic E-state index is 11.6. The molecule has 0 bridgehead atoms. The molecule has 4 rings (SSSR count). The summed E-state index contributed by atoms with van der Waals surface area (Å²) in [5.74, 6) is 1.60. The van der Waals surface area contributed by atoms with Crippen LogP contribution in [0.1, 0.15) is 62.1 Å². The number of nitrogens with two attached hydrogens (primary N) is 1. The SMILES string of the molecule is CC(=O)c1cc2c(Nc3cc([C@H]4CC[C@@H](C(C)(C)OC(N)=O)C4)[nH]n3)nccn2n1. The molecule has 10 heteroatoms. The molecule has 3 aromatic rings. The summed E-state index contributed by atoms with van der Waals surface area (Å²) in [5.41, 5.74) is 6.70. The van der Waals surface area contributed by atoms with Crippen LogP contribution in [-0.2, 0) is 4.74 Å². The number of nitrogens with one attached hydrogen (secondary N) is 2. The number of ether oxygens (including phenoxy) is 1. The highest BCUT2D eigenvalue weighted by molar-refractivity contribution is 5.94. The number of nitrogens with zero attached hydrogens (tertiary/aromatic N) is 4. The summed E-state index contributed by atoms with van der Waals surface area (Å²) < 4.78 is 6.92. The number of primary amides is 1. The Kier molecular flexibility index (Phi) is 4.92. The fourth-order valence-corrected chi connectivity index (χ4v) is 4.16. The third kappa shape index (κ3) is 3.85. The third-order valence-corrected chi connectivity index (χ3v) is 5.81. The molecular formula is C20H25N7O3. The smallest absolute Gasteiger partial charge is 0.405 e. The fraction of sp³-hybridized carbons (Fsp3) is 0.450. The van der Waals surface area contributed by atoms with E-state index in [-0.39, 0.29) is 17.6 Å². The van der Waals surface area contributed by atoms with Gasteiger partial charge in [0.25, 0.3) is 0 Å². The van der Waals surface area contributed by atoms with Crippen molar-refractivity contribution < 1.29 is 14.3 Å². The minimum Gasteiger partial charge on any atom is -0.443 e. The lowest BCUT2D eigenvalue weighted by molar-refractivity contribution is 0.000388. The highest BCUT2D eigenvalue weighted by Crippen LogP contribution is 2.44. The van der Waals surface area contributed by atoms with Crippen molar-refractivity contribution in [3.63, 3.8) is 0 Å². The average molecular weight is 411 g/mol. The minimum absolute atomic E-state index is 0.106. The number of aromatic amines is 1. The Bertz CT molecular complexity index is 1100. The lowest BCUT2D eigenvalue weighted by atomic mass is 9.88. The van der Waals surface area contributed by atoms with E-state index in [2.05, 4.69) is 25.6 Å². The number of hydrogen-bond donors (Lipinski definition) is 3. The Morgan fingerprint density at radius 3 is 2.87 bits per heavy atom. The van der Waals surface area contributed by atoms with E-state index < -0.39 is 11.7 Å². The van der Waals surface area contributed by atoms with Crippen molar-refractivity contribution in [1.82, 2.24) is 24.8 Å². The van der Waals surface area contributed by atoms with Crippen LogP contribution in [0, 0.1) is 5.92 Å². The van der Waals surface area contributed by atoms with E-state index in [1.807, 2.05) is 19.9 Å². The van der Waals surface area contributed by atoms with Crippen molar-refractivity contribution in [3.05, 3.63) is 35.9 Å². The van der Waals surface area contributed by atoms with Crippen molar-refractivity contribution in [1.29, 1.82) is 0 Å². The molecule has 158 valence electrons. The summed E-state index contributed by atoms with van der Waals surface area (Å²) in [6.07, 6.45) is 5.35. The van der Waals surface area contributed by atoms with Gasteiger partial charge in [0.2, 0.25) is 0 Å². The third-order valence-electron chi connectivity index (χ3n) is 5.81. The second kappa shape index (κ2) is 7.43. The highest BCUT2D eigenvalue weighted by atomic mass is 16.6. The topological polar surface area (TPSA) is 140 Å². The standard InChI is InChI=1S/C20H25N7O3/c1-11(28)14-9-16-18(22-6-7-27(16)26-14)23-17-10-15(24-25-17)12-4-5-13(8-12)20(2,3)30-19(21)29/h6-7,9-10,12-13H,4-5,8H2,1-3H3,(H2,21,29)(H2,22,23,24,25)/t12-,13+/m0/s1. The van der Waals surface area contributed by atoms with E-state index in [4.69, 9.17) is 10.5 Å². The molecule has 0 aliphatic heterocycles. The summed E-state index contributed by atoms with van der Waals surface area (Å²) in [4.78, 5) is 27.2. The van der Waals surface area contributed by atoms with Gasteiger partial charge in [0.15, 0.2) is 17.4 Å². The number of amides is 1. The van der Waals surface area contributed by atoms with Crippen molar-refractivity contribution in [2.24, 2.45) is 11.7 Å². The van der Waals surface area contributed by atoms with Crippen LogP contribution < -0.4 is 11.1 Å². The Morgan fingerprint density at radius 1 is 1.33 bits per heavy atom. The van der Waals surface area contributed by atoms with E-state index in [1.54, 1.807) is 23.0 Å². The number of hydrogen-bond acceptors (Lipinski definition) is 7. The molecule has 4 N–H and O–H groups in total. The predicted octanol–water partition coefficient (Wildman–Crippen LogP) is 3.16. The first-order valence-electron chi connectivity index (χ1n) is 9.89. The zero-order chi connectivity index (χ0) is 21.5. The Hall–Kier alpha value is -3.43. The first-order valence-corrected chi connectivity index (χ1v) is 9.89. The number of carbonyl (C=O) groups is 2. The van der Waals surface area contributed by atoms with E-state index in [0.717, 1.165) is 25.0 Å². The van der Waals surface area contributed by atoms with Gasteiger partial charge in [-0.15, -0.1) is 0 Å². The van der Waals surface area contributed by atoms with Crippen LogP contribution in [0.5, 0.6) is 0 Å². The van der Waals surface area contributed by atoms with Crippen LogP contribution in [0.4, 0.5) is 16.4 Å². The number of carbonyl (C=O) groups excluding carboxylic acids is 2. The molecule has 10 nitrogen and oxygen atoms in total. The van der Waals surface area contributed by atoms with Crippen molar-refractivity contribution in [3.8, 4) is 0 Å². The summed E-state index contributed by atoms with van der Waals surface area (Å²) in [6, 6.07) is 3.66. The number of H-pyrrole nitrogens is 1. The second-order valence-electron chi connectivity index (χ2n) is 8.26. The van der Waals surface area contributed by atoms with Crippen LogP contribution in [0.15, 0.2) is 24.5 Å². The summed E-state index contributed by atoms with van der Waals surface area (Å²) in [5, 5.41) is 14.9. The molecule has 1 saturated carbocycles. The Labute approximate surface area is 173 Å². The highest BCUT2D eigenvalue weighted by Gasteiger charge is 2.39. The van der Waals surface area contributed by atoms with Gasteiger partial charge in [-0.1, -0.05) is 0 Å². The lowest BCUT2D eigenvalue weighted by Gasteiger charge is -2.30. The van der Waals surface area contributed by atoms with Gasteiger partial charge in [-0.25, -0.2) is 14.3 Å². The van der Waals surface area contributed by atoms with E-state index in [1.165, 1.54) is 6.92 Å². The summed E-state index contributed by atoms with van der Waals surface area (Å²) in [7, 11) is 0. The molecule has 0 aromatic carbocycles. The maximum atomic E-state index is 11.6. The number of rotatable bonds is 6. The number of fused-ring (bicyclic) bond motifs is 1. The molecule has 0 unspecified atom stereocenters. The minimum atomic E-state index is -0.744. The predicted molar refractivity (Wildman–Crippen MR) is 110 cm³/mol. The summed E-state index contributed by atoms with van der Waals surface area (Å²) in [6.45, 7) is 5.28. The zero-order valence-corrected chi connectivity index (χ0v) is 17.2. The average Bonchev–Trinajstić information content (AvgIpc) is 3.40. The molecule has 3 heterocycles. The van der Waals surface area contributed by atoms with Crippen molar-refractivity contribution >= 4 is 29.0 Å². The van der Waals surface area contributed by atoms with Gasteiger partial charge in [-0.05, 0) is 45.1 Å². The molecule has 2 atom stereocenters. The van der Waals surface area contributed by atoms with Crippen molar-refractivity contribution in [2.75, 3.05) is 5.32 Å². The van der Waals surface area contributed by atoms with Gasteiger partial charge < -0.3 is 15.8 Å². The van der Waals surface area contributed by atoms with E-state index in [9.17, 15) is 9.59 Å². The van der Waals surface area contributed by atoms with E-state index in [0.29, 0.717) is 22.8 Å². The quantitative estimate of drug-likeness (QED) is 0.529. The number of aromatic nitrogens is 5. The zero-order valence-electron chi connectivity index (χ0n) is 17.2. The normalized spacial score (nSPS) is 19.2. The molecule has 30 heavy (non-hydrogen) atoms. The molecule has 1 fully saturated rings. The van der Waals surface area contributed by atoms with Gasteiger partial charge in [-0.3, -0.25) is 9.89 Å². The number of ketones is 1. The second-order valence-corrected chi connectivity index (χ2v) is 8.26. The van der Waals surface area contributed by atoms with Gasteiger partial charge in [-0.2, -0.15) is 10.2 Å². The van der Waals surface area contributed by atoms with Crippen LogP contribution in [0.3, 0.4) is 0 Å². The van der Waals surface area contributed by atoms with Crippen LogP contribution in [0.25, 0.3) is 5.52 Å². The van der Waals surface area contributed by atoms with Crippen LogP contribution in [-0.4, -0.2) is 42.3 Å². The van der Waals surface area contributed by atoms with Gasteiger partial charge >= 0.3 is 6.09 Å². The lowest BCUT2D eigenvalue weighted by Crippen LogP contribution is -2.37. The molecule has 3 aromatic heterocycles.